The Morgan fingerprint density at radius 1 is 1.07 bits per heavy atom. The predicted octanol–water partition coefficient (Wildman–Crippen LogP) is 5.16. The molecule has 45 heavy (non-hydrogen) atoms. The van der Waals surface area contributed by atoms with Gasteiger partial charge in [0.05, 0.1) is 11.1 Å². The number of benzene rings is 2. The highest BCUT2D eigenvalue weighted by Crippen LogP contribution is 2.32. The van der Waals surface area contributed by atoms with Crippen molar-refractivity contribution < 1.29 is 17.6 Å². The second kappa shape index (κ2) is 14.2. The Balaban J connectivity index is 1.16. The minimum atomic E-state index is -3.55. The molecule has 3 N–H and O–H groups in total. The number of carbonyl (C=O) groups excluding carboxylic acids is 1. The van der Waals surface area contributed by atoms with Crippen LogP contribution in [-0.2, 0) is 16.6 Å². The molecule has 242 valence electrons. The number of piperidine rings is 1. The lowest BCUT2D eigenvalue weighted by Gasteiger charge is -2.31. The first-order chi connectivity index (χ1) is 21.5. The normalized spacial score (nSPS) is 15.0. The molecule has 3 heterocycles. The predicted molar refractivity (Wildman–Crippen MR) is 174 cm³/mol. The molecule has 10 nitrogen and oxygen atoms in total. The first-order valence-electron chi connectivity index (χ1n) is 15.8. The van der Waals surface area contributed by atoms with Gasteiger partial charge in [-0.05, 0) is 86.0 Å². The quantitative estimate of drug-likeness (QED) is 0.186. The summed E-state index contributed by atoms with van der Waals surface area (Å²) in [4.78, 5) is 18.9. The van der Waals surface area contributed by atoms with Crippen LogP contribution in [0.5, 0.6) is 0 Å². The molecule has 0 saturated carbocycles. The molecular formula is C33H44FN7O3S. The topological polar surface area (TPSA) is 125 Å². The Kier molecular flexibility index (Phi) is 10.4. The number of hydrogen-bond acceptors (Lipinski definition) is 6. The number of H-pyrrole nitrogens is 1. The third kappa shape index (κ3) is 8.16. The van der Waals surface area contributed by atoms with Gasteiger partial charge < -0.3 is 15.2 Å². The van der Waals surface area contributed by atoms with Crippen molar-refractivity contribution in [2.75, 3.05) is 32.7 Å². The Morgan fingerprint density at radius 2 is 1.80 bits per heavy atom. The molecule has 2 aromatic carbocycles. The Morgan fingerprint density at radius 3 is 2.49 bits per heavy atom. The minimum Gasteiger partial charge on any atom is -0.351 e. The number of carbonyl (C=O) groups is 1. The van der Waals surface area contributed by atoms with Gasteiger partial charge in [-0.1, -0.05) is 45.0 Å². The maximum absolute atomic E-state index is 14.2. The number of nitrogens with one attached hydrogen (secondary N) is 3. The molecule has 0 radical (unpaired) electrons. The van der Waals surface area contributed by atoms with Gasteiger partial charge in [0, 0.05) is 42.6 Å². The molecule has 12 heteroatoms. The van der Waals surface area contributed by atoms with E-state index < -0.39 is 10.0 Å². The second-order valence-corrected chi connectivity index (χ2v) is 14.5. The third-order valence-corrected chi connectivity index (χ3v) is 10.00. The lowest BCUT2D eigenvalue weighted by atomic mass is 9.97. The van der Waals surface area contributed by atoms with E-state index in [1.54, 1.807) is 22.9 Å². The van der Waals surface area contributed by atoms with E-state index in [-0.39, 0.29) is 16.6 Å². The van der Waals surface area contributed by atoms with E-state index in [0.29, 0.717) is 71.8 Å². The van der Waals surface area contributed by atoms with Gasteiger partial charge in [-0.2, -0.15) is 0 Å². The maximum Gasteiger partial charge on any atom is 0.268 e. The van der Waals surface area contributed by atoms with Crippen molar-refractivity contribution in [2.45, 2.75) is 64.3 Å². The van der Waals surface area contributed by atoms with Gasteiger partial charge >= 0.3 is 0 Å². The number of aromatic nitrogens is 4. The van der Waals surface area contributed by atoms with Crippen molar-refractivity contribution in [1.29, 1.82) is 0 Å². The summed E-state index contributed by atoms with van der Waals surface area (Å²) in [5.41, 5.74) is 3.18. The number of aromatic amines is 1. The van der Waals surface area contributed by atoms with Crippen LogP contribution in [0, 0.1) is 17.7 Å². The molecule has 0 unspecified atom stereocenters. The monoisotopic (exact) mass is 637 g/mol. The standard InChI is InChI=1S/C33H44FN7O3S/c1-22(2)11-14-35-33(42)32-31(28-19-26(34)7-10-29(28)37-32)30-21-41(39-38-30)20-24-12-16-40(17-13-24)18-15-36-45(43,44)27-8-5-25(6-9-27)23(3)4/h5-10,19,21-24,36-37H,11-18,20H2,1-4H3,(H,35,42). The van der Waals surface area contributed by atoms with Gasteiger partial charge in [0.25, 0.3) is 5.91 Å². The number of likely N-dealkylation sites (tertiary alicyclic amines) is 1. The van der Waals surface area contributed by atoms with Gasteiger partial charge in [-0.25, -0.2) is 17.5 Å². The highest BCUT2D eigenvalue weighted by atomic mass is 32.2. The van der Waals surface area contributed by atoms with E-state index in [4.69, 9.17) is 0 Å². The van der Waals surface area contributed by atoms with Crippen LogP contribution in [0.3, 0.4) is 0 Å². The molecule has 0 bridgehead atoms. The molecule has 2 aromatic heterocycles. The van der Waals surface area contributed by atoms with Crippen LogP contribution >= 0.6 is 0 Å². The van der Waals surface area contributed by atoms with Crippen molar-refractivity contribution >= 4 is 26.8 Å². The SMILES string of the molecule is CC(C)CCNC(=O)c1[nH]c2ccc(F)cc2c1-c1cn(CC2CCN(CCNS(=O)(=O)c3ccc(C(C)C)cc3)CC2)nn1. The van der Waals surface area contributed by atoms with E-state index in [1.807, 2.05) is 18.3 Å². The Labute approximate surface area is 264 Å². The molecule has 0 spiro atoms. The number of hydrogen-bond donors (Lipinski definition) is 3. The Hall–Kier alpha value is -3.61. The van der Waals surface area contributed by atoms with Crippen molar-refractivity contribution in [2.24, 2.45) is 11.8 Å². The summed E-state index contributed by atoms with van der Waals surface area (Å²) in [5, 5.41) is 12.3. The zero-order valence-corrected chi connectivity index (χ0v) is 27.3. The van der Waals surface area contributed by atoms with Crippen molar-refractivity contribution in [3.05, 3.63) is 65.7 Å². The summed E-state index contributed by atoms with van der Waals surface area (Å²) in [7, 11) is -3.55. The van der Waals surface area contributed by atoms with Crippen LogP contribution in [-0.4, -0.2) is 71.9 Å². The average Bonchev–Trinajstić information content (AvgIpc) is 3.62. The molecule has 1 aliphatic rings. The number of sulfonamides is 1. The van der Waals surface area contributed by atoms with Crippen LogP contribution in [0.2, 0.25) is 0 Å². The van der Waals surface area contributed by atoms with Crippen LogP contribution in [0.4, 0.5) is 4.39 Å². The van der Waals surface area contributed by atoms with Gasteiger partial charge in [0.15, 0.2) is 0 Å². The fourth-order valence-electron chi connectivity index (χ4n) is 5.78. The molecular weight excluding hydrogens is 593 g/mol. The zero-order chi connectivity index (χ0) is 32.1. The molecule has 4 aromatic rings. The lowest BCUT2D eigenvalue weighted by Crippen LogP contribution is -2.40. The summed E-state index contributed by atoms with van der Waals surface area (Å²) in [6.45, 7) is 12.3. The fraction of sp³-hybridized carbons (Fsp3) is 0.485. The lowest BCUT2D eigenvalue weighted by molar-refractivity contribution is 0.0948. The third-order valence-electron chi connectivity index (χ3n) is 8.52. The Bertz CT molecular complexity index is 1710. The maximum atomic E-state index is 14.2. The fourth-order valence-corrected chi connectivity index (χ4v) is 6.80. The van der Waals surface area contributed by atoms with Crippen LogP contribution in [0.1, 0.15) is 68.9 Å². The smallest absolute Gasteiger partial charge is 0.268 e. The number of rotatable bonds is 13. The molecule has 1 amide bonds. The summed E-state index contributed by atoms with van der Waals surface area (Å²) in [5.74, 6) is 0.544. The highest BCUT2D eigenvalue weighted by molar-refractivity contribution is 7.89. The van der Waals surface area contributed by atoms with Crippen molar-refractivity contribution in [3.63, 3.8) is 0 Å². The molecule has 0 aliphatic carbocycles. The van der Waals surface area contributed by atoms with E-state index >= 15 is 0 Å². The molecule has 1 fully saturated rings. The first-order valence-corrected chi connectivity index (χ1v) is 17.3. The largest absolute Gasteiger partial charge is 0.351 e. The van der Waals surface area contributed by atoms with Crippen molar-refractivity contribution in [3.8, 4) is 11.3 Å². The van der Waals surface area contributed by atoms with Gasteiger partial charge in [0.1, 0.15) is 17.2 Å². The van der Waals surface area contributed by atoms with Gasteiger partial charge in [-0.15, -0.1) is 5.10 Å². The second-order valence-electron chi connectivity index (χ2n) is 12.7. The van der Waals surface area contributed by atoms with Crippen molar-refractivity contribution in [1.82, 2.24) is 34.9 Å². The molecule has 0 atom stereocenters. The van der Waals surface area contributed by atoms with Gasteiger partial charge in [-0.3, -0.25) is 9.48 Å². The molecule has 1 aliphatic heterocycles. The minimum absolute atomic E-state index is 0.254. The number of nitrogens with zero attached hydrogens (tertiary/aromatic N) is 4. The zero-order valence-electron chi connectivity index (χ0n) is 26.5. The molecule has 5 rings (SSSR count). The summed E-state index contributed by atoms with van der Waals surface area (Å²) in [6.07, 6.45) is 4.57. The van der Waals surface area contributed by atoms with E-state index in [2.05, 4.69) is 57.9 Å². The number of halogens is 1. The molecule has 1 saturated heterocycles. The number of amides is 1. The van der Waals surface area contributed by atoms with Crippen LogP contribution in [0.25, 0.3) is 22.2 Å². The van der Waals surface area contributed by atoms with E-state index in [9.17, 15) is 17.6 Å². The van der Waals surface area contributed by atoms with Crippen LogP contribution in [0.15, 0.2) is 53.6 Å². The van der Waals surface area contributed by atoms with E-state index in [0.717, 1.165) is 37.9 Å². The van der Waals surface area contributed by atoms with Gasteiger partial charge in [0.2, 0.25) is 10.0 Å². The summed E-state index contributed by atoms with van der Waals surface area (Å²) in [6, 6.07) is 11.5. The highest BCUT2D eigenvalue weighted by Gasteiger charge is 2.24. The summed E-state index contributed by atoms with van der Waals surface area (Å²) < 4.78 is 44.2. The first kappa shape index (κ1) is 32.8. The van der Waals surface area contributed by atoms with E-state index in [1.165, 1.54) is 12.1 Å². The summed E-state index contributed by atoms with van der Waals surface area (Å²) >= 11 is 0. The van der Waals surface area contributed by atoms with Crippen LogP contribution < -0.4 is 10.0 Å². The number of fused-ring (bicyclic) bond motifs is 1. The average molecular weight is 638 g/mol.